The van der Waals surface area contributed by atoms with Gasteiger partial charge >= 0.3 is 0 Å². The van der Waals surface area contributed by atoms with Gasteiger partial charge in [-0.05, 0) is 25.7 Å². The summed E-state index contributed by atoms with van der Waals surface area (Å²) in [4.78, 5) is 22.7. The summed E-state index contributed by atoms with van der Waals surface area (Å²) < 4.78 is 0. The van der Waals surface area contributed by atoms with Crippen LogP contribution in [0.15, 0.2) is 12.4 Å². The number of carbonyl (C=O) groups excluding carboxylic acids is 1. The summed E-state index contributed by atoms with van der Waals surface area (Å²) in [6.45, 7) is 1.70. The maximum Gasteiger partial charge on any atom is 0.274 e. The van der Waals surface area contributed by atoms with E-state index in [9.17, 15) is 4.79 Å². The molecule has 114 valence electrons. The third-order valence-corrected chi connectivity index (χ3v) is 4.47. The molecule has 0 bridgehead atoms. The summed E-state index contributed by atoms with van der Waals surface area (Å²) in [7, 11) is 0. The molecule has 2 heterocycles. The molecule has 0 radical (unpaired) electrons. The van der Waals surface area contributed by atoms with E-state index in [1.165, 1.54) is 38.5 Å². The summed E-state index contributed by atoms with van der Waals surface area (Å²) in [5, 5.41) is 3.46. The Morgan fingerprint density at radius 2 is 1.71 bits per heavy atom. The van der Waals surface area contributed by atoms with Crippen molar-refractivity contribution in [3.63, 3.8) is 0 Å². The minimum atomic E-state index is 0.0148. The summed E-state index contributed by atoms with van der Waals surface area (Å²) >= 11 is 0. The summed E-state index contributed by atoms with van der Waals surface area (Å²) in [6.07, 6.45) is 13.2. The molecule has 1 amide bonds. The van der Waals surface area contributed by atoms with Gasteiger partial charge in [-0.3, -0.25) is 4.79 Å². The van der Waals surface area contributed by atoms with Crippen molar-refractivity contribution >= 4 is 11.7 Å². The van der Waals surface area contributed by atoms with E-state index >= 15 is 0 Å². The minimum Gasteiger partial charge on any atom is -0.366 e. The van der Waals surface area contributed by atoms with E-state index in [-0.39, 0.29) is 5.91 Å². The van der Waals surface area contributed by atoms with Gasteiger partial charge in [0.2, 0.25) is 0 Å². The van der Waals surface area contributed by atoms with E-state index in [0.29, 0.717) is 11.7 Å². The number of nitrogens with one attached hydrogen (secondary N) is 1. The highest BCUT2D eigenvalue weighted by Gasteiger charge is 2.21. The zero-order chi connectivity index (χ0) is 14.5. The summed E-state index contributed by atoms with van der Waals surface area (Å²) in [5.41, 5.74) is 0.461. The highest BCUT2D eigenvalue weighted by molar-refractivity contribution is 5.92. The van der Waals surface area contributed by atoms with E-state index < -0.39 is 0 Å². The zero-order valence-corrected chi connectivity index (χ0v) is 12.6. The van der Waals surface area contributed by atoms with Gasteiger partial charge in [-0.15, -0.1) is 0 Å². The van der Waals surface area contributed by atoms with Crippen molar-refractivity contribution in [1.82, 2.24) is 14.9 Å². The van der Waals surface area contributed by atoms with Gasteiger partial charge in [0.1, 0.15) is 11.5 Å². The smallest absolute Gasteiger partial charge is 0.274 e. The van der Waals surface area contributed by atoms with Crippen LogP contribution in [0.3, 0.4) is 0 Å². The largest absolute Gasteiger partial charge is 0.366 e. The van der Waals surface area contributed by atoms with Crippen molar-refractivity contribution in [2.45, 2.75) is 57.4 Å². The Hall–Kier alpha value is -1.65. The van der Waals surface area contributed by atoms with Crippen LogP contribution in [-0.4, -0.2) is 39.9 Å². The van der Waals surface area contributed by atoms with Crippen LogP contribution in [0, 0.1) is 0 Å². The molecule has 1 N–H and O–H groups in total. The van der Waals surface area contributed by atoms with Crippen LogP contribution in [0.5, 0.6) is 0 Å². The second-order valence-electron chi connectivity index (χ2n) is 6.12. The topological polar surface area (TPSA) is 58.1 Å². The van der Waals surface area contributed by atoms with Crippen LogP contribution in [0.1, 0.15) is 61.9 Å². The van der Waals surface area contributed by atoms with E-state index in [0.717, 1.165) is 31.7 Å². The van der Waals surface area contributed by atoms with Crippen molar-refractivity contribution in [1.29, 1.82) is 0 Å². The van der Waals surface area contributed by atoms with Gasteiger partial charge in [-0.1, -0.05) is 25.7 Å². The Labute approximate surface area is 126 Å². The van der Waals surface area contributed by atoms with Crippen LogP contribution in [-0.2, 0) is 0 Å². The zero-order valence-electron chi connectivity index (χ0n) is 12.6. The molecule has 2 fully saturated rings. The van der Waals surface area contributed by atoms with E-state index in [4.69, 9.17) is 0 Å². The van der Waals surface area contributed by atoms with Crippen LogP contribution >= 0.6 is 0 Å². The average Bonchev–Trinajstić information content (AvgIpc) is 2.93. The first kappa shape index (κ1) is 14.3. The molecule has 0 unspecified atom stereocenters. The van der Waals surface area contributed by atoms with Crippen molar-refractivity contribution in [2.75, 3.05) is 18.4 Å². The molecule has 2 aliphatic rings. The fraction of sp³-hybridized carbons (Fsp3) is 0.688. The number of amides is 1. The van der Waals surface area contributed by atoms with E-state index in [1.54, 1.807) is 12.4 Å². The second kappa shape index (κ2) is 6.87. The number of anilines is 1. The van der Waals surface area contributed by atoms with Gasteiger partial charge in [0, 0.05) is 19.1 Å². The van der Waals surface area contributed by atoms with Crippen molar-refractivity contribution in [3.05, 3.63) is 18.1 Å². The molecule has 1 aliphatic heterocycles. The van der Waals surface area contributed by atoms with Gasteiger partial charge in [0.05, 0.1) is 12.4 Å². The molecule has 21 heavy (non-hydrogen) atoms. The number of likely N-dealkylation sites (tertiary alicyclic amines) is 1. The van der Waals surface area contributed by atoms with E-state index in [1.807, 2.05) is 4.90 Å². The predicted octanol–water partition coefficient (Wildman–Crippen LogP) is 2.85. The molecule has 3 rings (SSSR count). The first-order valence-corrected chi connectivity index (χ1v) is 8.21. The van der Waals surface area contributed by atoms with Crippen LogP contribution < -0.4 is 5.32 Å². The number of hydrogen-bond acceptors (Lipinski definition) is 4. The molecule has 0 spiro atoms. The molecule has 1 aromatic rings. The van der Waals surface area contributed by atoms with Gasteiger partial charge in [0.25, 0.3) is 5.91 Å². The fourth-order valence-corrected chi connectivity index (χ4v) is 3.23. The second-order valence-corrected chi connectivity index (χ2v) is 6.12. The fourth-order valence-electron chi connectivity index (χ4n) is 3.23. The van der Waals surface area contributed by atoms with Gasteiger partial charge < -0.3 is 10.2 Å². The van der Waals surface area contributed by atoms with E-state index in [2.05, 4.69) is 15.3 Å². The van der Waals surface area contributed by atoms with Gasteiger partial charge in [0.15, 0.2) is 0 Å². The van der Waals surface area contributed by atoms with Crippen LogP contribution in [0.4, 0.5) is 5.82 Å². The number of carbonyl (C=O) groups is 1. The normalized spacial score (nSPS) is 20.3. The summed E-state index contributed by atoms with van der Waals surface area (Å²) in [5.74, 6) is 0.806. The number of rotatable bonds is 3. The Bertz CT molecular complexity index is 460. The van der Waals surface area contributed by atoms with Gasteiger partial charge in [-0.25, -0.2) is 9.97 Å². The molecule has 1 aliphatic carbocycles. The van der Waals surface area contributed by atoms with Crippen LogP contribution in [0.2, 0.25) is 0 Å². The lowest BCUT2D eigenvalue weighted by molar-refractivity contribution is 0.0786. The minimum absolute atomic E-state index is 0.0148. The highest BCUT2D eigenvalue weighted by atomic mass is 16.2. The highest BCUT2D eigenvalue weighted by Crippen LogP contribution is 2.20. The molecular weight excluding hydrogens is 264 g/mol. The number of nitrogens with zero attached hydrogens (tertiary/aromatic N) is 3. The first-order valence-electron chi connectivity index (χ1n) is 8.21. The summed E-state index contributed by atoms with van der Waals surface area (Å²) in [6, 6.07) is 0.502. The Morgan fingerprint density at radius 1 is 1.00 bits per heavy atom. The molecule has 1 saturated carbocycles. The SMILES string of the molecule is O=C(c1cnc(NC2CCCCCC2)cn1)N1CCCC1. The standard InChI is InChI=1S/C16H24N4O/c21-16(20-9-5-6-10-20)14-11-18-15(12-17-14)19-13-7-3-1-2-4-8-13/h11-13H,1-10H2,(H,18,19). The van der Waals surface area contributed by atoms with Gasteiger partial charge in [-0.2, -0.15) is 0 Å². The lowest BCUT2D eigenvalue weighted by Crippen LogP contribution is -2.28. The lowest BCUT2D eigenvalue weighted by atomic mass is 10.1. The molecule has 1 saturated heterocycles. The molecule has 0 atom stereocenters. The molecule has 0 aromatic carbocycles. The third-order valence-electron chi connectivity index (χ3n) is 4.47. The molecule has 1 aromatic heterocycles. The Kier molecular flexibility index (Phi) is 4.68. The molecule has 5 nitrogen and oxygen atoms in total. The number of aromatic nitrogens is 2. The van der Waals surface area contributed by atoms with Crippen molar-refractivity contribution < 1.29 is 4.79 Å². The van der Waals surface area contributed by atoms with Crippen LogP contribution in [0.25, 0.3) is 0 Å². The third kappa shape index (κ3) is 3.71. The molecule has 5 heteroatoms. The first-order chi connectivity index (χ1) is 10.3. The Morgan fingerprint density at radius 3 is 2.33 bits per heavy atom. The Balaban J connectivity index is 1.59. The number of hydrogen-bond donors (Lipinski definition) is 1. The quantitative estimate of drug-likeness (QED) is 0.869. The monoisotopic (exact) mass is 288 g/mol. The lowest BCUT2D eigenvalue weighted by Gasteiger charge is -2.17. The van der Waals surface area contributed by atoms with Crippen molar-refractivity contribution in [2.24, 2.45) is 0 Å². The maximum absolute atomic E-state index is 12.2. The maximum atomic E-state index is 12.2. The average molecular weight is 288 g/mol. The van der Waals surface area contributed by atoms with Crippen molar-refractivity contribution in [3.8, 4) is 0 Å². The molecular formula is C16H24N4O. The predicted molar refractivity (Wildman–Crippen MR) is 82.3 cm³/mol.